The fourth-order valence-electron chi connectivity index (χ4n) is 2.51. The SMILES string of the molecule is CCOc1cc(/C=C(\C#N)C(=O)NC[C@@H]2CCCO2)cc([N+](=O)[O-])c1[O-]. The Hall–Kier alpha value is -3.12. The summed E-state index contributed by atoms with van der Waals surface area (Å²) in [5.41, 5.74) is -0.763. The first-order valence-corrected chi connectivity index (χ1v) is 8.10. The average molecular weight is 360 g/mol. The Labute approximate surface area is 150 Å². The number of nitriles is 1. The number of nitro groups is 1. The van der Waals surface area contributed by atoms with Crippen LogP contribution in [-0.4, -0.2) is 36.7 Å². The first-order chi connectivity index (χ1) is 12.5. The number of carbonyl (C=O) groups is 1. The maximum atomic E-state index is 12.1. The second kappa shape index (κ2) is 8.82. The maximum Gasteiger partial charge on any atom is 0.266 e. The van der Waals surface area contributed by atoms with Crippen LogP contribution in [0.3, 0.4) is 0 Å². The van der Waals surface area contributed by atoms with E-state index < -0.39 is 22.3 Å². The molecule has 0 bridgehead atoms. The maximum absolute atomic E-state index is 12.1. The van der Waals surface area contributed by atoms with E-state index in [4.69, 9.17) is 9.47 Å². The highest BCUT2D eigenvalue weighted by molar-refractivity contribution is 6.01. The highest BCUT2D eigenvalue weighted by Crippen LogP contribution is 2.35. The molecule has 1 N–H and O–H groups in total. The lowest BCUT2D eigenvalue weighted by Crippen LogP contribution is -2.32. The van der Waals surface area contributed by atoms with Crippen molar-refractivity contribution >= 4 is 17.7 Å². The summed E-state index contributed by atoms with van der Waals surface area (Å²) in [5.74, 6) is -1.67. The van der Waals surface area contributed by atoms with Crippen LogP contribution in [0.15, 0.2) is 17.7 Å². The lowest BCUT2D eigenvalue weighted by molar-refractivity contribution is -0.398. The van der Waals surface area contributed by atoms with Crippen molar-refractivity contribution in [3.05, 3.63) is 33.4 Å². The van der Waals surface area contributed by atoms with Crippen molar-refractivity contribution in [2.45, 2.75) is 25.9 Å². The van der Waals surface area contributed by atoms with Crippen LogP contribution in [0.25, 0.3) is 6.08 Å². The van der Waals surface area contributed by atoms with Gasteiger partial charge in [-0.2, -0.15) is 5.26 Å². The number of rotatable bonds is 7. The Morgan fingerprint density at radius 2 is 2.35 bits per heavy atom. The zero-order chi connectivity index (χ0) is 19.1. The molecule has 9 heteroatoms. The van der Waals surface area contributed by atoms with E-state index in [0.29, 0.717) is 6.61 Å². The molecule has 9 nitrogen and oxygen atoms in total. The number of benzene rings is 1. The second-order valence-corrected chi connectivity index (χ2v) is 5.57. The summed E-state index contributed by atoms with van der Waals surface area (Å²) in [6, 6.07) is 4.04. The van der Waals surface area contributed by atoms with E-state index in [2.05, 4.69) is 5.32 Å². The first kappa shape index (κ1) is 19.2. The molecule has 1 aliphatic heterocycles. The molecule has 0 aromatic heterocycles. The minimum atomic E-state index is -0.852. The summed E-state index contributed by atoms with van der Waals surface area (Å²) >= 11 is 0. The van der Waals surface area contributed by atoms with Gasteiger partial charge in [0, 0.05) is 25.0 Å². The number of hydrogen-bond acceptors (Lipinski definition) is 7. The second-order valence-electron chi connectivity index (χ2n) is 5.57. The molecule has 0 saturated carbocycles. The normalized spacial score (nSPS) is 16.8. The molecule has 1 atom stereocenters. The Morgan fingerprint density at radius 1 is 1.58 bits per heavy atom. The number of nitro benzene ring substituents is 1. The average Bonchev–Trinajstić information content (AvgIpc) is 3.13. The largest absolute Gasteiger partial charge is 0.865 e. The Bertz CT molecular complexity index is 762. The smallest absolute Gasteiger partial charge is 0.266 e. The Balaban J connectivity index is 2.24. The molecule has 0 unspecified atom stereocenters. The minimum Gasteiger partial charge on any atom is -0.865 e. The summed E-state index contributed by atoms with van der Waals surface area (Å²) in [6.45, 7) is 2.70. The van der Waals surface area contributed by atoms with Crippen molar-refractivity contribution in [1.29, 1.82) is 5.26 Å². The van der Waals surface area contributed by atoms with Crippen LogP contribution < -0.4 is 15.2 Å². The third kappa shape index (κ3) is 4.70. The topological polar surface area (TPSA) is 138 Å². The fourth-order valence-corrected chi connectivity index (χ4v) is 2.51. The first-order valence-electron chi connectivity index (χ1n) is 8.10. The van der Waals surface area contributed by atoms with Gasteiger partial charge in [0.1, 0.15) is 17.4 Å². The van der Waals surface area contributed by atoms with Gasteiger partial charge in [0.25, 0.3) is 11.6 Å². The molecule has 1 aliphatic rings. The molecule has 0 aliphatic carbocycles. The van der Waals surface area contributed by atoms with Gasteiger partial charge < -0.3 is 19.9 Å². The van der Waals surface area contributed by atoms with Crippen molar-refractivity contribution in [2.24, 2.45) is 0 Å². The van der Waals surface area contributed by atoms with Crippen LogP contribution in [0.5, 0.6) is 11.5 Å². The summed E-state index contributed by atoms with van der Waals surface area (Å²) < 4.78 is 10.5. The van der Waals surface area contributed by atoms with Gasteiger partial charge in [0.05, 0.1) is 17.6 Å². The van der Waals surface area contributed by atoms with Crippen LogP contribution in [0.1, 0.15) is 25.3 Å². The van der Waals surface area contributed by atoms with E-state index in [1.807, 2.05) is 0 Å². The van der Waals surface area contributed by atoms with Crippen molar-refractivity contribution in [3.63, 3.8) is 0 Å². The predicted octanol–water partition coefficient (Wildman–Crippen LogP) is 1.27. The molecular weight excluding hydrogens is 342 g/mol. The van der Waals surface area contributed by atoms with E-state index in [1.54, 1.807) is 13.0 Å². The number of carbonyl (C=O) groups excluding carboxylic acids is 1. The van der Waals surface area contributed by atoms with Gasteiger partial charge in [-0.05, 0) is 37.5 Å². The lowest BCUT2D eigenvalue weighted by atomic mass is 10.1. The predicted molar refractivity (Wildman–Crippen MR) is 89.3 cm³/mol. The number of ether oxygens (including phenoxy) is 2. The lowest BCUT2D eigenvalue weighted by Gasteiger charge is -2.15. The number of nitrogens with one attached hydrogen (secondary N) is 1. The number of hydrogen-bond donors (Lipinski definition) is 1. The molecule has 0 spiro atoms. The monoisotopic (exact) mass is 360 g/mol. The van der Waals surface area contributed by atoms with Gasteiger partial charge in [-0.25, -0.2) is 0 Å². The van der Waals surface area contributed by atoms with E-state index >= 15 is 0 Å². The quantitative estimate of drug-likeness (QED) is 0.334. The van der Waals surface area contributed by atoms with Crippen molar-refractivity contribution < 1.29 is 24.3 Å². The van der Waals surface area contributed by atoms with E-state index in [9.17, 15) is 25.3 Å². The molecule has 26 heavy (non-hydrogen) atoms. The third-order valence-corrected chi connectivity index (χ3v) is 3.74. The summed E-state index contributed by atoms with van der Waals surface area (Å²) in [7, 11) is 0. The summed E-state index contributed by atoms with van der Waals surface area (Å²) in [4.78, 5) is 22.4. The van der Waals surface area contributed by atoms with Crippen molar-refractivity contribution in [1.82, 2.24) is 5.32 Å². The molecule has 138 valence electrons. The van der Waals surface area contributed by atoms with Gasteiger partial charge >= 0.3 is 0 Å². The van der Waals surface area contributed by atoms with Crippen LogP contribution in [-0.2, 0) is 9.53 Å². The van der Waals surface area contributed by atoms with E-state index in [1.165, 1.54) is 12.1 Å². The van der Waals surface area contributed by atoms with Crippen molar-refractivity contribution in [3.8, 4) is 17.6 Å². The summed E-state index contributed by atoms with van der Waals surface area (Å²) in [6.07, 6.45) is 2.86. The molecule has 1 amide bonds. The highest BCUT2D eigenvalue weighted by atomic mass is 16.6. The molecule has 1 fully saturated rings. The molecule has 0 radical (unpaired) electrons. The van der Waals surface area contributed by atoms with Gasteiger partial charge in [0.2, 0.25) is 0 Å². The summed E-state index contributed by atoms with van der Waals surface area (Å²) in [5, 5.41) is 34.8. The molecular formula is C17H18N3O6-. The number of nitrogens with zero attached hydrogens (tertiary/aromatic N) is 2. The highest BCUT2D eigenvalue weighted by Gasteiger charge is 2.18. The van der Waals surface area contributed by atoms with Crippen LogP contribution >= 0.6 is 0 Å². The minimum absolute atomic E-state index is 0.0794. The third-order valence-electron chi connectivity index (χ3n) is 3.74. The Morgan fingerprint density at radius 3 is 2.92 bits per heavy atom. The van der Waals surface area contributed by atoms with E-state index in [-0.39, 0.29) is 36.1 Å². The van der Waals surface area contributed by atoms with Gasteiger partial charge in [-0.1, -0.05) is 0 Å². The molecule has 1 aromatic rings. The molecule has 1 saturated heterocycles. The van der Waals surface area contributed by atoms with Gasteiger partial charge in [0.15, 0.2) is 0 Å². The van der Waals surface area contributed by atoms with Gasteiger partial charge in [-0.15, -0.1) is 0 Å². The van der Waals surface area contributed by atoms with Crippen LogP contribution in [0, 0.1) is 21.4 Å². The van der Waals surface area contributed by atoms with E-state index in [0.717, 1.165) is 18.9 Å². The number of amides is 1. The van der Waals surface area contributed by atoms with Gasteiger partial charge in [-0.3, -0.25) is 14.9 Å². The zero-order valence-electron chi connectivity index (χ0n) is 14.2. The standard InChI is InChI=1S/C17H19N3O6/c1-2-25-15-8-11(7-14(16(15)21)20(23)24)6-12(9-18)17(22)19-10-13-4-3-5-26-13/h6-8,13,21H,2-5,10H2,1H3,(H,19,22)/p-1/b12-6+/t13-/m0/s1. The van der Waals surface area contributed by atoms with Crippen LogP contribution in [0.4, 0.5) is 5.69 Å². The Kier molecular flexibility index (Phi) is 6.52. The zero-order valence-corrected chi connectivity index (χ0v) is 14.2. The fraction of sp³-hybridized carbons (Fsp3) is 0.412. The molecule has 1 aromatic carbocycles. The van der Waals surface area contributed by atoms with Crippen LogP contribution in [0.2, 0.25) is 0 Å². The van der Waals surface area contributed by atoms with Crippen molar-refractivity contribution in [2.75, 3.05) is 19.8 Å². The molecule has 1 heterocycles. The molecule has 2 rings (SSSR count).